The lowest BCUT2D eigenvalue weighted by molar-refractivity contribution is 0.0762. The number of amides is 1. The van der Waals surface area contributed by atoms with Gasteiger partial charge in [-0.25, -0.2) is 0 Å². The molecule has 0 N–H and O–H groups in total. The predicted molar refractivity (Wildman–Crippen MR) is 48.4 cm³/mol. The van der Waals surface area contributed by atoms with E-state index in [0.717, 1.165) is 0 Å². The molecule has 5 heteroatoms. The molecule has 74 valence electrons. The minimum Gasteiger partial charge on any atom is -0.361 e. The van der Waals surface area contributed by atoms with E-state index in [1.54, 1.807) is 27.0 Å². The van der Waals surface area contributed by atoms with Gasteiger partial charge in [-0.1, -0.05) is 5.16 Å². The van der Waals surface area contributed by atoms with E-state index in [1.807, 2.05) is 6.07 Å². The quantitative estimate of drug-likeness (QED) is 0.701. The van der Waals surface area contributed by atoms with Crippen LogP contribution in [0.15, 0.2) is 10.6 Å². The van der Waals surface area contributed by atoms with E-state index in [-0.39, 0.29) is 11.6 Å². The van der Waals surface area contributed by atoms with E-state index < -0.39 is 6.04 Å². The third-order valence-corrected chi connectivity index (χ3v) is 1.94. The highest BCUT2D eigenvalue weighted by atomic mass is 16.5. The minimum atomic E-state index is -0.473. The van der Waals surface area contributed by atoms with Gasteiger partial charge >= 0.3 is 0 Å². The van der Waals surface area contributed by atoms with Crippen LogP contribution in [-0.2, 0) is 0 Å². The molecule has 0 spiro atoms. The summed E-state index contributed by atoms with van der Waals surface area (Å²) in [4.78, 5) is 12.9. The largest absolute Gasteiger partial charge is 0.361 e. The first kappa shape index (κ1) is 10.3. The number of aromatic nitrogens is 1. The minimum absolute atomic E-state index is 0.229. The van der Waals surface area contributed by atoms with E-state index in [1.165, 1.54) is 4.90 Å². The van der Waals surface area contributed by atoms with Crippen molar-refractivity contribution in [3.8, 4) is 6.07 Å². The Morgan fingerprint density at radius 3 is 2.86 bits per heavy atom. The summed E-state index contributed by atoms with van der Waals surface area (Å²) in [6.07, 6.45) is 0. The van der Waals surface area contributed by atoms with Crippen LogP contribution in [0.25, 0.3) is 0 Å². The normalized spacial score (nSPS) is 11.9. The molecule has 1 atom stereocenters. The fourth-order valence-corrected chi connectivity index (χ4v) is 0.910. The SMILES string of the molecule is Cc1cc(C(=O)N(C)C(C)C#N)no1. The number of carbonyl (C=O) groups is 1. The van der Waals surface area contributed by atoms with Crippen molar-refractivity contribution in [1.29, 1.82) is 5.26 Å². The Bertz CT molecular complexity index is 378. The number of hydrogen-bond donors (Lipinski definition) is 0. The van der Waals surface area contributed by atoms with E-state index in [9.17, 15) is 4.79 Å². The molecule has 0 bridgehead atoms. The van der Waals surface area contributed by atoms with Gasteiger partial charge in [0.25, 0.3) is 5.91 Å². The van der Waals surface area contributed by atoms with Gasteiger partial charge in [-0.2, -0.15) is 5.26 Å². The molecule has 0 radical (unpaired) electrons. The molecule has 0 aliphatic carbocycles. The zero-order valence-corrected chi connectivity index (χ0v) is 8.31. The summed E-state index contributed by atoms with van der Waals surface area (Å²) < 4.78 is 4.77. The molecule has 1 amide bonds. The molecule has 1 aromatic heterocycles. The van der Waals surface area contributed by atoms with E-state index >= 15 is 0 Å². The summed E-state index contributed by atoms with van der Waals surface area (Å²) in [6.45, 7) is 3.35. The highest BCUT2D eigenvalue weighted by Crippen LogP contribution is 2.06. The fraction of sp³-hybridized carbons (Fsp3) is 0.444. The first-order chi connectivity index (χ1) is 6.56. The van der Waals surface area contributed by atoms with Gasteiger partial charge in [0.1, 0.15) is 11.8 Å². The highest BCUT2D eigenvalue weighted by Gasteiger charge is 2.19. The zero-order chi connectivity index (χ0) is 10.7. The lowest BCUT2D eigenvalue weighted by Gasteiger charge is -2.17. The Labute approximate surface area is 81.9 Å². The molecule has 0 fully saturated rings. The molecule has 0 aliphatic rings. The van der Waals surface area contributed by atoms with Crippen LogP contribution < -0.4 is 0 Å². The Kier molecular flexibility index (Phi) is 2.87. The second kappa shape index (κ2) is 3.92. The Morgan fingerprint density at radius 2 is 2.43 bits per heavy atom. The summed E-state index contributed by atoms with van der Waals surface area (Å²) in [5.41, 5.74) is 0.229. The van der Waals surface area contributed by atoms with Crippen LogP contribution in [0.1, 0.15) is 23.2 Å². The zero-order valence-electron chi connectivity index (χ0n) is 8.31. The molecule has 14 heavy (non-hydrogen) atoms. The molecule has 1 aromatic rings. The van der Waals surface area contributed by atoms with Crippen LogP contribution in [0, 0.1) is 18.3 Å². The first-order valence-electron chi connectivity index (χ1n) is 4.16. The molecule has 0 saturated carbocycles. The Balaban J connectivity index is 2.81. The molecule has 1 rings (SSSR count). The van der Waals surface area contributed by atoms with Crippen LogP contribution in [0.3, 0.4) is 0 Å². The van der Waals surface area contributed by atoms with Crippen LogP contribution in [0.2, 0.25) is 0 Å². The van der Waals surface area contributed by atoms with Crippen molar-refractivity contribution in [1.82, 2.24) is 10.1 Å². The Morgan fingerprint density at radius 1 is 1.79 bits per heavy atom. The lowest BCUT2D eigenvalue weighted by atomic mass is 10.3. The van der Waals surface area contributed by atoms with Crippen molar-refractivity contribution in [3.63, 3.8) is 0 Å². The second-order valence-corrected chi connectivity index (χ2v) is 3.04. The van der Waals surface area contributed by atoms with Gasteiger partial charge in [0, 0.05) is 13.1 Å². The van der Waals surface area contributed by atoms with Crippen molar-refractivity contribution in [2.24, 2.45) is 0 Å². The molecule has 5 nitrogen and oxygen atoms in total. The van der Waals surface area contributed by atoms with Gasteiger partial charge in [0.05, 0.1) is 6.07 Å². The number of carbonyl (C=O) groups excluding carboxylic acids is 1. The average molecular weight is 193 g/mol. The number of aryl methyl sites for hydroxylation is 1. The molecular weight excluding hydrogens is 182 g/mol. The first-order valence-corrected chi connectivity index (χ1v) is 4.16. The number of nitriles is 1. The molecular formula is C9H11N3O2. The van der Waals surface area contributed by atoms with Crippen LogP contribution >= 0.6 is 0 Å². The van der Waals surface area contributed by atoms with Gasteiger partial charge in [0.2, 0.25) is 0 Å². The summed E-state index contributed by atoms with van der Waals surface area (Å²) in [5.74, 6) is 0.266. The maximum atomic E-state index is 11.6. The van der Waals surface area contributed by atoms with Crippen molar-refractivity contribution in [2.45, 2.75) is 19.9 Å². The fourth-order valence-electron chi connectivity index (χ4n) is 0.910. The van der Waals surface area contributed by atoms with Crippen molar-refractivity contribution < 1.29 is 9.32 Å². The molecule has 0 aliphatic heterocycles. The molecule has 1 unspecified atom stereocenters. The maximum Gasteiger partial charge on any atom is 0.276 e. The Hall–Kier alpha value is -1.83. The number of nitrogens with zero attached hydrogens (tertiary/aromatic N) is 3. The summed E-state index contributed by atoms with van der Waals surface area (Å²) in [5, 5.41) is 12.2. The van der Waals surface area contributed by atoms with Crippen LogP contribution in [0.4, 0.5) is 0 Å². The second-order valence-electron chi connectivity index (χ2n) is 3.04. The number of hydrogen-bond acceptors (Lipinski definition) is 4. The van der Waals surface area contributed by atoms with Crippen LogP contribution in [0.5, 0.6) is 0 Å². The molecule has 1 heterocycles. The summed E-state index contributed by atoms with van der Waals surface area (Å²) >= 11 is 0. The van der Waals surface area contributed by atoms with E-state index in [4.69, 9.17) is 9.78 Å². The van der Waals surface area contributed by atoms with E-state index in [0.29, 0.717) is 5.76 Å². The van der Waals surface area contributed by atoms with Crippen LogP contribution in [-0.4, -0.2) is 29.1 Å². The van der Waals surface area contributed by atoms with Gasteiger partial charge in [-0.3, -0.25) is 4.79 Å². The monoisotopic (exact) mass is 193 g/mol. The number of rotatable bonds is 2. The molecule has 0 aromatic carbocycles. The topological polar surface area (TPSA) is 70.1 Å². The highest BCUT2D eigenvalue weighted by molar-refractivity contribution is 5.92. The van der Waals surface area contributed by atoms with Crippen molar-refractivity contribution >= 4 is 5.91 Å². The average Bonchev–Trinajstić information content (AvgIpc) is 2.61. The van der Waals surface area contributed by atoms with Crippen molar-refractivity contribution in [2.75, 3.05) is 7.05 Å². The van der Waals surface area contributed by atoms with Gasteiger partial charge in [-0.05, 0) is 13.8 Å². The maximum absolute atomic E-state index is 11.6. The lowest BCUT2D eigenvalue weighted by Crippen LogP contribution is -2.34. The third kappa shape index (κ3) is 1.91. The van der Waals surface area contributed by atoms with Gasteiger partial charge in [-0.15, -0.1) is 0 Å². The summed E-state index contributed by atoms with van der Waals surface area (Å²) in [6, 6.07) is 3.04. The summed E-state index contributed by atoms with van der Waals surface area (Å²) in [7, 11) is 1.56. The standard InChI is InChI=1S/C9H11N3O2/c1-6(5-10)12(3)9(13)8-4-7(2)14-11-8/h4,6H,1-3H3. The predicted octanol–water partition coefficient (Wildman–Crippen LogP) is 0.967. The van der Waals surface area contributed by atoms with E-state index in [2.05, 4.69) is 5.16 Å². The van der Waals surface area contributed by atoms with Crippen molar-refractivity contribution in [3.05, 3.63) is 17.5 Å². The smallest absolute Gasteiger partial charge is 0.276 e. The van der Waals surface area contributed by atoms with Gasteiger partial charge < -0.3 is 9.42 Å². The molecule has 0 saturated heterocycles. The third-order valence-electron chi connectivity index (χ3n) is 1.94. The van der Waals surface area contributed by atoms with Gasteiger partial charge in [0.15, 0.2) is 5.69 Å².